The van der Waals surface area contributed by atoms with E-state index in [-0.39, 0.29) is 39.0 Å². The molecular formula is C30H26N8O6S3. The van der Waals surface area contributed by atoms with Crippen LogP contribution >= 0.6 is 34.4 Å². The Bertz CT molecular complexity index is 1860. The number of rotatable bonds is 10. The van der Waals surface area contributed by atoms with E-state index in [4.69, 9.17) is 15.3 Å². The Morgan fingerprint density at radius 2 is 1.74 bits per heavy atom. The fourth-order valence-corrected chi connectivity index (χ4v) is 7.79. The molecular weight excluding hydrogens is 665 g/mol. The summed E-state index contributed by atoms with van der Waals surface area (Å²) in [6.07, 6.45) is -0.790. The topological polar surface area (TPSA) is 191 Å². The Morgan fingerprint density at radius 1 is 1.06 bits per heavy atom. The molecule has 0 saturated carbocycles. The highest BCUT2D eigenvalue weighted by Crippen LogP contribution is 2.45. The lowest BCUT2D eigenvalue weighted by atomic mass is 10.0. The molecule has 1 saturated heterocycles. The quantitative estimate of drug-likeness (QED) is 0.0960. The van der Waals surface area contributed by atoms with Crippen LogP contribution in [0.4, 0.5) is 10.3 Å². The van der Waals surface area contributed by atoms with Crippen molar-refractivity contribution in [3.63, 3.8) is 0 Å². The number of anilines is 2. The van der Waals surface area contributed by atoms with E-state index in [1.807, 2.05) is 60.7 Å². The molecule has 0 radical (unpaired) electrons. The van der Waals surface area contributed by atoms with Crippen molar-refractivity contribution in [3.8, 4) is 0 Å². The molecule has 17 heteroatoms. The average molecular weight is 691 g/mol. The minimum Gasteiger partial charge on any atom is -0.448 e. The van der Waals surface area contributed by atoms with Gasteiger partial charge in [0.05, 0.1) is 0 Å². The van der Waals surface area contributed by atoms with E-state index >= 15 is 0 Å². The molecule has 14 nitrogen and oxygen atoms in total. The number of hydrogen-bond donors (Lipinski definition) is 3. The van der Waals surface area contributed by atoms with Crippen LogP contribution < -0.4 is 16.4 Å². The number of aromatic nitrogens is 3. The number of β-lactam (4-membered cyclic amide) rings is 1. The predicted octanol–water partition coefficient (Wildman–Crippen LogP) is 3.03. The maximum Gasteiger partial charge on any atom is 0.356 e. The van der Waals surface area contributed by atoms with E-state index in [2.05, 4.69) is 31.0 Å². The number of nitrogens with one attached hydrogen (secondary N) is 2. The van der Waals surface area contributed by atoms with Gasteiger partial charge in [-0.1, -0.05) is 77.2 Å². The molecule has 0 bridgehead atoms. The summed E-state index contributed by atoms with van der Waals surface area (Å²) in [5.41, 5.74) is 7.61. The first-order valence-electron chi connectivity index (χ1n) is 14.0. The molecule has 2 aromatic carbocycles. The van der Waals surface area contributed by atoms with E-state index in [1.165, 1.54) is 30.7 Å². The molecule has 2 atom stereocenters. The second kappa shape index (κ2) is 13.7. The second-order valence-corrected chi connectivity index (χ2v) is 13.1. The number of hydrogen-bond acceptors (Lipinski definition) is 14. The Morgan fingerprint density at radius 3 is 2.34 bits per heavy atom. The molecule has 2 aliphatic rings. The van der Waals surface area contributed by atoms with E-state index in [0.29, 0.717) is 10.6 Å². The Hall–Kier alpha value is -5.13. The smallest absolute Gasteiger partial charge is 0.356 e. The predicted molar refractivity (Wildman–Crippen MR) is 177 cm³/mol. The molecule has 0 spiro atoms. The van der Waals surface area contributed by atoms with Gasteiger partial charge in [0.2, 0.25) is 11.0 Å². The fourth-order valence-electron chi connectivity index (χ4n) is 4.97. The SMILES string of the molecule is CO/N=C(\C(=O)NC1C(=O)N2C(C(=O)OC(c3ccccc3)c3ccccc3)=C(c3nnc(NC(C)=O)s3)CS[C@H]12)c1csc(N)n1. The van der Waals surface area contributed by atoms with Crippen LogP contribution in [0.2, 0.25) is 0 Å². The first-order chi connectivity index (χ1) is 22.7. The summed E-state index contributed by atoms with van der Waals surface area (Å²) in [6.45, 7) is 1.34. The van der Waals surface area contributed by atoms with Gasteiger partial charge in [-0.15, -0.1) is 33.3 Å². The summed E-state index contributed by atoms with van der Waals surface area (Å²) >= 11 is 3.51. The number of thiazole rings is 1. The van der Waals surface area contributed by atoms with Crippen LogP contribution in [0.3, 0.4) is 0 Å². The van der Waals surface area contributed by atoms with E-state index in [0.717, 1.165) is 33.8 Å². The van der Waals surface area contributed by atoms with E-state index < -0.39 is 35.3 Å². The molecule has 4 N–H and O–H groups in total. The minimum atomic E-state index is -1.00. The molecule has 4 heterocycles. The number of nitrogen functional groups attached to an aromatic ring is 1. The summed E-state index contributed by atoms with van der Waals surface area (Å²) in [5.74, 6) is -2.12. The van der Waals surface area contributed by atoms with Gasteiger partial charge < -0.3 is 25.9 Å². The zero-order chi connectivity index (χ0) is 33.1. The van der Waals surface area contributed by atoms with Crippen molar-refractivity contribution in [1.29, 1.82) is 0 Å². The molecule has 47 heavy (non-hydrogen) atoms. The number of esters is 1. The van der Waals surface area contributed by atoms with Crippen molar-refractivity contribution in [2.24, 2.45) is 5.16 Å². The van der Waals surface area contributed by atoms with Crippen molar-refractivity contribution in [3.05, 3.63) is 93.6 Å². The molecule has 2 aromatic heterocycles. The number of ether oxygens (including phenoxy) is 1. The van der Waals surface area contributed by atoms with Crippen LogP contribution in [0.1, 0.15) is 34.9 Å². The van der Waals surface area contributed by atoms with Gasteiger partial charge in [0.1, 0.15) is 34.9 Å². The standard InChI is InChI=1S/C30H26N8O6S3/c1-15(39)32-30-36-35-25(47-30)18-13-45-27-21(34-24(40)20(37-43-2)19-14-46-29(31)33-19)26(41)38(27)22(18)28(42)44-23(16-9-5-3-6-10-16)17-11-7-4-8-12-17/h3-12,14,21,23,27H,13H2,1-2H3,(H2,31,33)(H,34,40)(H,32,36,39)/b37-20-/t21?,27-/m1/s1. The summed E-state index contributed by atoms with van der Waals surface area (Å²) in [5, 5.41) is 19.0. The van der Waals surface area contributed by atoms with Crippen molar-refractivity contribution < 1.29 is 28.8 Å². The Balaban J connectivity index is 1.33. The normalized spacial score (nSPS) is 17.6. The maximum atomic E-state index is 14.2. The lowest BCUT2D eigenvalue weighted by Crippen LogP contribution is -2.71. The number of nitrogens with zero attached hydrogens (tertiary/aromatic N) is 5. The lowest BCUT2D eigenvalue weighted by Gasteiger charge is -2.49. The van der Waals surface area contributed by atoms with Gasteiger partial charge in [0, 0.05) is 23.6 Å². The first kappa shape index (κ1) is 31.8. The number of oxime groups is 1. The van der Waals surface area contributed by atoms with Crippen molar-refractivity contribution in [2.75, 3.05) is 23.9 Å². The largest absolute Gasteiger partial charge is 0.448 e. The number of carbonyl (C=O) groups excluding carboxylic acids is 4. The maximum absolute atomic E-state index is 14.2. The Labute approximate surface area is 280 Å². The summed E-state index contributed by atoms with van der Waals surface area (Å²) in [7, 11) is 1.28. The zero-order valence-corrected chi connectivity index (χ0v) is 27.2. The second-order valence-electron chi connectivity index (χ2n) is 10.1. The van der Waals surface area contributed by atoms with Gasteiger partial charge in [-0.05, 0) is 11.1 Å². The number of carbonyl (C=O) groups is 4. The van der Waals surface area contributed by atoms with Crippen molar-refractivity contribution in [1.82, 2.24) is 25.4 Å². The van der Waals surface area contributed by atoms with E-state index in [9.17, 15) is 19.2 Å². The van der Waals surface area contributed by atoms with Gasteiger partial charge in [0.15, 0.2) is 16.9 Å². The summed E-state index contributed by atoms with van der Waals surface area (Å²) < 4.78 is 6.18. The molecule has 3 amide bonds. The Kier molecular flexibility index (Phi) is 9.28. The number of thioether (sulfide) groups is 1. The van der Waals surface area contributed by atoms with Crippen molar-refractivity contribution in [2.45, 2.75) is 24.4 Å². The van der Waals surface area contributed by atoms with Gasteiger partial charge in [-0.3, -0.25) is 19.3 Å². The van der Waals surface area contributed by atoms with Crippen molar-refractivity contribution >= 4 is 79.7 Å². The molecule has 2 aliphatic heterocycles. The molecule has 1 fully saturated rings. The first-order valence-corrected chi connectivity index (χ1v) is 16.7. The number of benzene rings is 2. The molecule has 6 rings (SSSR count). The monoisotopic (exact) mass is 690 g/mol. The molecule has 1 unspecified atom stereocenters. The van der Waals surface area contributed by atoms with Gasteiger partial charge in [-0.25, -0.2) is 9.78 Å². The zero-order valence-electron chi connectivity index (χ0n) is 24.8. The third-order valence-electron chi connectivity index (χ3n) is 7.01. The molecule has 0 aliphatic carbocycles. The number of nitrogens with two attached hydrogens (primary N) is 1. The molecule has 4 aromatic rings. The average Bonchev–Trinajstić information content (AvgIpc) is 3.73. The third kappa shape index (κ3) is 6.58. The van der Waals surface area contributed by atoms with Crippen LogP contribution in [-0.4, -0.2) is 73.8 Å². The lowest BCUT2D eigenvalue weighted by molar-refractivity contribution is -0.154. The van der Waals surface area contributed by atoms with Gasteiger partial charge in [-0.2, -0.15) is 0 Å². The summed E-state index contributed by atoms with van der Waals surface area (Å²) in [6, 6.07) is 17.5. The van der Waals surface area contributed by atoms with Crippen LogP contribution in [0.5, 0.6) is 0 Å². The van der Waals surface area contributed by atoms with Crippen LogP contribution in [-0.2, 0) is 28.8 Å². The number of fused-ring (bicyclic) bond motifs is 1. The molecule has 240 valence electrons. The van der Waals surface area contributed by atoms with Crippen LogP contribution in [0.25, 0.3) is 5.57 Å². The highest BCUT2D eigenvalue weighted by molar-refractivity contribution is 8.00. The highest BCUT2D eigenvalue weighted by Gasteiger charge is 2.55. The minimum absolute atomic E-state index is 0.0234. The third-order valence-corrected chi connectivity index (χ3v) is 9.86. The summed E-state index contributed by atoms with van der Waals surface area (Å²) in [4.78, 5) is 63.2. The van der Waals surface area contributed by atoms with Gasteiger partial charge in [0.25, 0.3) is 11.8 Å². The van der Waals surface area contributed by atoms with E-state index in [1.54, 1.807) is 5.38 Å². The fraction of sp³-hybridized carbons (Fsp3) is 0.200. The van der Waals surface area contributed by atoms with Crippen LogP contribution in [0.15, 0.2) is 76.9 Å². The van der Waals surface area contributed by atoms with Gasteiger partial charge >= 0.3 is 5.97 Å². The van der Waals surface area contributed by atoms with Crippen LogP contribution in [0, 0.1) is 0 Å². The number of amides is 3. The highest BCUT2D eigenvalue weighted by atomic mass is 32.2.